The molecular weight excluding hydrogens is 511 g/mol. The number of anilines is 1. The van der Waals surface area contributed by atoms with Crippen molar-refractivity contribution >= 4 is 28.8 Å². The Balaban J connectivity index is 1.38. The van der Waals surface area contributed by atoms with Gasteiger partial charge >= 0.3 is 6.18 Å². The number of amides is 2. The molecule has 0 aliphatic carbocycles. The van der Waals surface area contributed by atoms with E-state index in [1.165, 1.54) is 17.4 Å². The number of nitrogens with zero attached hydrogens (tertiary/aromatic N) is 2. The fraction of sp³-hybridized carbons (Fsp3) is 0.414. The first-order chi connectivity index (χ1) is 18.3. The summed E-state index contributed by atoms with van der Waals surface area (Å²) in [5.74, 6) is 0.00731. The average Bonchev–Trinajstić information content (AvgIpc) is 3.42. The van der Waals surface area contributed by atoms with Crippen LogP contribution in [0.25, 0.3) is 11.1 Å². The molecule has 2 aromatic carbocycles. The molecule has 0 atom stereocenters. The molecule has 0 bridgehead atoms. The van der Waals surface area contributed by atoms with E-state index in [0.717, 1.165) is 55.7 Å². The average molecular weight is 544 g/mol. The van der Waals surface area contributed by atoms with Gasteiger partial charge in [0, 0.05) is 42.1 Å². The van der Waals surface area contributed by atoms with Crippen molar-refractivity contribution in [3.05, 3.63) is 70.2 Å². The van der Waals surface area contributed by atoms with Crippen LogP contribution in [0, 0.1) is 0 Å². The molecule has 0 radical (unpaired) electrons. The molecule has 3 aromatic rings. The van der Waals surface area contributed by atoms with Crippen molar-refractivity contribution in [3.63, 3.8) is 0 Å². The number of para-hydroxylation sites is 1. The second kappa shape index (κ2) is 12.6. The van der Waals surface area contributed by atoms with Crippen LogP contribution in [0.1, 0.15) is 78.8 Å². The van der Waals surface area contributed by atoms with Crippen LogP contribution < -0.4 is 5.32 Å². The number of unbranched alkanes of at least 4 members (excludes halogenated alkanes) is 3. The minimum Gasteiger partial charge on any atom is -0.343 e. The third-order valence-corrected chi connectivity index (χ3v) is 7.88. The van der Waals surface area contributed by atoms with E-state index in [4.69, 9.17) is 0 Å². The lowest BCUT2D eigenvalue weighted by Crippen LogP contribution is -2.37. The van der Waals surface area contributed by atoms with Gasteiger partial charge in [-0.2, -0.15) is 13.2 Å². The van der Waals surface area contributed by atoms with E-state index in [1.807, 2.05) is 4.90 Å². The third-order valence-electron chi connectivity index (χ3n) is 6.87. The normalized spacial score (nSPS) is 14.5. The Kier molecular flexibility index (Phi) is 9.20. The zero-order valence-electron chi connectivity index (χ0n) is 21.4. The Labute approximate surface area is 225 Å². The molecule has 2 heterocycles. The highest BCUT2D eigenvalue weighted by Crippen LogP contribution is 2.35. The van der Waals surface area contributed by atoms with Crippen LogP contribution >= 0.6 is 11.3 Å². The zero-order valence-corrected chi connectivity index (χ0v) is 22.2. The van der Waals surface area contributed by atoms with E-state index in [-0.39, 0.29) is 17.5 Å². The van der Waals surface area contributed by atoms with Gasteiger partial charge in [0.1, 0.15) is 5.69 Å². The molecule has 1 N–H and O–H groups in total. The molecule has 2 amide bonds. The van der Waals surface area contributed by atoms with Crippen molar-refractivity contribution in [3.8, 4) is 11.1 Å². The Morgan fingerprint density at radius 1 is 1.05 bits per heavy atom. The fourth-order valence-corrected chi connectivity index (χ4v) is 5.68. The molecule has 9 heteroatoms. The minimum atomic E-state index is -4.46. The molecule has 1 aromatic heterocycles. The SMILES string of the molecule is CCCCCCC(=O)N1CCC(c2nc(C(=O)Nc3ccccc3-c3cccc(C(F)(F)F)c3)cs2)CC1. The predicted octanol–water partition coefficient (Wildman–Crippen LogP) is 7.76. The lowest BCUT2D eigenvalue weighted by molar-refractivity contribution is -0.137. The van der Waals surface area contributed by atoms with Gasteiger partial charge in [0.25, 0.3) is 5.91 Å². The van der Waals surface area contributed by atoms with E-state index in [9.17, 15) is 22.8 Å². The number of hydrogen-bond donors (Lipinski definition) is 1. The van der Waals surface area contributed by atoms with Crippen LogP contribution in [0.2, 0.25) is 0 Å². The Morgan fingerprint density at radius 3 is 2.55 bits per heavy atom. The molecule has 1 fully saturated rings. The maximum absolute atomic E-state index is 13.2. The van der Waals surface area contributed by atoms with Crippen LogP contribution in [0.5, 0.6) is 0 Å². The molecule has 202 valence electrons. The predicted molar refractivity (Wildman–Crippen MR) is 144 cm³/mol. The van der Waals surface area contributed by atoms with Crippen molar-refractivity contribution in [2.24, 2.45) is 0 Å². The monoisotopic (exact) mass is 543 g/mol. The van der Waals surface area contributed by atoms with Gasteiger partial charge in [0.05, 0.1) is 10.6 Å². The molecule has 1 aliphatic rings. The zero-order chi connectivity index (χ0) is 27.1. The van der Waals surface area contributed by atoms with Crippen molar-refractivity contribution < 1.29 is 22.8 Å². The maximum Gasteiger partial charge on any atom is 0.416 e. The van der Waals surface area contributed by atoms with Gasteiger partial charge in [-0.3, -0.25) is 9.59 Å². The largest absolute Gasteiger partial charge is 0.416 e. The molecule has 4 rings (SSSR count). The first kappa shape index (κ1) is 27.8. The quantitative estimate of drug-likeness (QED) is 0.281. The highest BCUT2D eigenvalue weighted by Gasteiger charge is 2.31. The summed E-state index contributed by atoms with van der Waals surface area (Å²) in [6.45, 7) is 3.55. The van der Waals surface area contributed by atoms with Crippen molar-refractivity contribution in [2.45, 2.75) is 64.0 Å². The Hall–Kier alpha value is -3.20. The van der Waals surface area contributed by atoms with Crippen LogP contribution in [0.3, 0.4) is 0 Å². The second-order valence-electron chi connectivity index (χ2n) is 9.61. The summed E-state index contributed by atoms with van der Waals surface area (Å²) in [7, 11) is 0. The molecule has 38 heavy (non-hydrogen) atoms. The van der Waals surface area contributed by atoms with Crippen molar-refractivity contribution in [2.75, 3.05) is 18.4 Å². The Morgan fingerprint density at radius 2 is 1.82 bits per heavy atom. The summed E-state index contributed by atoms with van der Waals surface area (Å²) in [4.78, 5) is 32.0. The summed E-state index contributed by atoms with van der Waals surface area (Å²) in [6, 6.07) is 11.8. The molecule has 0 unspecified atom stereocenters. The summed E-state index contributed by atoms with van der Waals surface area (Å²) in [5.41, 5.74) is 0.801. The first-order valence-corrected chi connectivity index (χ1v) is 14.0. The number of benzene rings is 2. The highest BCUT2D eigenvalue weighted by atomic mass is 32.1. The van der Waals surface area contributed by atoms with Crippen LogP contribution in [-0.2, 0) is 11.0 Å². The highest BCUT2D eigenvalue weighted by molar-refractivity contribution is 7.10. The summed E-state index contributed by atoms with van der Waals surface area (Å²) in [5, 5.41) is 5.40. The van der Waals surface area contributed by atoms with Gasteiger partial charge in [-0.15, -0.1) is 11.3 Å². The molecule has 0 saturated carbocycles. The number of hydrogen-bond acceptors (Lipinski definition) is 4. The lowest BCUT2D eigenvalue weighted by Gasteiger charge is -2.31. The number of piperidine rings is 1. The van der Waals surface area contributed by atoms with E-state index in [0.29, 0.717) is 36.3 Å². The third kappa shape index (κ3) is 7.01. The molecular formula is C29H32F3N3O2S. The van der Waals surface area contributed by atoms with E-state index in [1.54, 1.807) is 35.7 Å². The van der Waals surface area contributed by atoms with Crippen LogP contribution in [0.15, 0.2) is 53.9 Å². The number of halogens is 3. The van der Waals surface area contributed by atoms with Gasteiger partial charge in [-0.1, -0.05) is 56.5 Å². The van der Waals surface area contributed by atoms with E-state index in [2.05, 4.69) is 17.2 Å². The summed E-state index contributed by atoms with van der Waals surface area (Å²) < 4.78 is 39.6. The number of likely N-dealkylation sites (tertiary alicyclic amines) is 1. The van der Waals surface area contributed by atoms with Crippen LogP contribution in [-0.4, -0.2) is 34.8 Å². The molecule has 1 aliphatic heterocycles. The number of carbonyl (C=O) groups is 2. The van der Waals surface area contributed by atoms with Crippen molar-refractivity contribution in [1.82, 2.24) is 9.88 Å². The van der Waals surface area contributed by atoms with Gasteiger partial charge < -0.3 is 10.2 Å². The topological polar surface area (TPSA) is 62.3 Å². The van der Waals surface area contributed by atoms with Gasteiger partial charge in [-0.25, -0.2) is 4.98 Å². The maximum atomic E-state index is 13.2. The van der Waals surface area contributed by atoms with E-state index < -0.39 is 17.6 Å². The molecule has 5 nitrogen and oxygen atoms in total. The Bertz CT molecular complexity index is 1250. The summed E-state index contributed by atoms with van der Waals surface area (Å²) in [6.07, 6.45) is 2.11. The standard InChI is InChI=1S/C29H32F3N3O2S/c1-2-3-4-5-13-26(36)35-16-14-20(15-17-35)28-34-25(19-38-28)27(37)33-24-12-7-6-11-23(24)21-9-8-10-22(18-21)29(30,31)32/h6-12,18-20H,2-5,13-17H2,1H3,(H,33,37). The van der Waals surface area contributed by atoms with Gasteiger partial charge in [0.2, 0.25) is 5.91 Å². The second-order valence-corrected chi connectivity index (χ2v) is 10.5. The van der Waals surface area contributed by atoms with Gasteiger partial charge in [0.15, 0.2) is 0 Å². The fourth-order valence-electron chi connectivity index (χ4n) is 4.71. The number of carbonyl (C=O) groups excluding carboxylic acids is 2. The first-order valence-electron chi connectivity index (χ1n) is 13.1. The number of rotatable bonds is 9. The van der Waals surface area contributed by atoms with Gasteiger partial charge in [-0.05, 0) is 43.0 Å². The van der Waals surface area contributed by atoms with Crippen LogP contribution in [0.4, 0.5) is 18.9 Å². The molecule has 1 saturated heterocycles. The van der Waals surface area contributed by atoms with Crippen molar-refractivity contribution in [1.29, 1.82) is 0 Å². The smallest absolute Gasteiger partial charge is 0.343 e. The lowest BCUT2D eigenvalue weighted by atomic mass is 9.97. The number of aromatic nitrogens is 1. The number of thiazole rings is 1. The van der Waals surface area contributed by atoms with E-state index >= 15 is 0 Å². The number of alkyl halides is 3. The summed E-state index contributed by atoms with van der Waals surface area (Å²) >= 11 is 1.43. The minimum absolute atomic E-state index is 0.197. The number of nitrogens with one attached hydrogen (secondary N) is 1. The molecule has 0 spiro atoms.